The molecule has 5 heteroatoms. The molecule has 0 bridgehead atoms. The molecule has 40 valence electrons. The van der Waals surface area contributed by atoms with Crippen molar-refractivity contribution in [2.45, 2.75) is 0 Å². The highest BCUT2D eigenvalue weighted by molar-refractivity contribution is 7.67. The third kappa shape index (κ3) is 6.54. The monoisotopic (exact) mass is 174 g/mol. The van der Waals surface area contributed by atoms with E-state index in [1.165, 1.54) is 5.94 Å². The van der Waals surface area contributed by atoms with Gasteiger partial charge in [0.15, 0.2) is 0 Å². The smallest absolute Gasteiger partial charge is 0.234 e. The maximum atomic E-state index is 9.42. The summed E-state index contributed by atoms with van der Waals surface area (Å²) >= 11 is 15.6. The van der Waals surface area contributed by atoms with Gasteiger partial charge >= 0.3 is 6.00 Å². The average Bonchev–Trinajstić information content (AvgIpc) is 1.30. The first kappa shape index (κ1) is 7.54. The second-order valence-electron chi connectivity index (χ2n) is 0.804. The van der Waals surface area contributed by atoms with E-state index in [4.69, 9.17) is 33.2 Å². The van der Waals surface area contributed by atoms with Crippen LogP contribution in [-0.2, 0) is 4.79 Å². The lowest BCUT2D eigenvalue weighted by atomic mass is 11.2. The molecule has 0 fully saturated rings. The summed E-state index contributed by atoms with van der Waals surface area (Å²) in [5.41, 5.74) is 0.942. The van der Waals surface area contributed by atoms with Gasteiger partial charge in [-0.3, -0.25) is 0 Å². The second kappa shape index (κ2) is 2.75. The van der Waals surface area contributed by atoms with Gasteiger partial charge in [0.2, 0.25) is 0 Å². The van der Waals surface area contributed by atoms with Gasteiger partial charge in [-0.25, -0.2) is 4.79 Å². The molecule has 0 aromatic carbocycles. The normalized spacial score (nSPS) is 10.1. The third-order valence-electron chi connectivity index (χ3n) is 0.223. The molecule has 0 aliphatic heterocycles. The number of hydrogen-bond acceptors (Lipinski definition) is 1. The molecule has 0 spiro atoms. The molecule has 0 amide bonds. The maximum absolute atomic E-state index is 9.42. The minimum absolute atomic E-state index is 0.942. The van der Waals surface area contributed by atoms with Gasteiger partial charge < -0.3 is 0 Å². The Bertz CT molecular complexity index is 100.0. The van der Waals surface area contributed by atoms with E-state index in [0.29, 0.717) is 0 Å². The summed E-state index contributed by atoms with van der Waals surface area (Å²) in [6, 6.07) is -2.79. The third-order valence-corrected chi connectivity index (χ3v) is 1.65. The largest absolute Gasteiger partial charge is 0.376 e. The Morgan fingerprint density at radius 3 is 1.86 bits per heavy atom. The van der Waals surface area contributed by atoms with E-state index in [9.17, 15) is 4.79 Å². The highest BCUT2D eigenvalue weighted by atomic mass is 35.8. The quantitative estimate of drug-likeness (QED) is 0.336. The number of halogens is 3. The van der Waals surface area contributed by atoms with Gasteiger partial charge in [-0.05, 0) is 0 Å². The van der Waals surface area contributed by atoms with E-state index >= 15 is 0 Å². The van der Waals surface area contributed by atoms with Gasteiger partial charge in [-0.2, -0.15) is 0 Å². The summed E-state index contributed by atoms with van der Waals surface area (Å²) in [6.07, 6.45) is 0. The zero-order chi connectivity index (χ0) is 5.91. The van der Waals surface area contributed by atoms with Crippen LogP contribution in [0.1, 0.15) is 0 Å². The Kier molecular flexibility index (Phi) is 2.96. The van der Waals surface area contributed by atoms with Crippen LogP contribution in [-0.4, -0.2) is 11.9 Å². The van der Waals surface area contributed by atoms with E-state index in [-0.39, 0.29) is 0 Å². The lowest BCUT2D eigenvalue weighted by Crippen LogP contribution is -2.03. The summed E-state index contributed by atoms with van der Waals surface area (Å²) in [7, 11) is 0. The van der Waals surface area contributed by atoms with E-state index in [0.717, 1.165) is 5.70 Å². The summed E-state index contributed by atoms with van der Waals surface area (Å²) in [5.74, 6) is 1.40. The highest BCUT2D eigenvalue weighted by Crippen LogP contribution is 2.18. The van der Waals surface area contributed by atoms with Crippen molar-refractivity contribution < 1.29 is 4.79 Å². The van der Waals surface area contributed by atoms with Crippen molar-refractivity contribution in [2.24, 2.45) is 0 Å². The Hall–Kier alpha value is 0.537. The SMILES string of the molecule is O=C=C[Si](Cl)(Cl)Cl. The molecule has 0 aromatic heterocycles. The highest BCUT2D eigenvalue weighted by Gasteiger charge is 2.20. The molecule has 7 heavy (non-hydrogen) atoms. The number of rotatable bonds is 1. The Balaban J connectivity index is 3.80. The molecule has 0 aliphatic carbocycles. The predicted octanol–water partition coefficient (Wildman–Crippen LogP) is 1.57. The van der Waals surface area contributed by atoms with Crippen molar-refractivity contribution in [3.8, 4) is 0 Å². The predicted molar refractivity (Wildman–Crippen MR) is 33.6 cm³/mol. The van der Waals surface area contributed by atoms with Crippen LogP contribution in [0.3, 0.4) is 0 Å². The zero-order valence-electron chi connectivity index (χ0n) is 3.12. The van der Waals surface area contributed by atoms with Crippen LogP contribution in [0.2, 0.25) is 0 Å². The molecule has 0 heterocycles. The van der Waals surface area contributed by atoms with Crippen molar-refractivity contribution in [1.29, 1.82) is 0 Å². The molecular formula is C2HCl3OSi. The lowest BCUT2D eigenvalue weighted by molar-refractivity contribution is 0.569. The molecule has 0 radical (unpaired) electrons. The van der Waals surface area contributed by atoms with Gasteiger partial charge in [0.1, 0.15) is 5.94 Å². The van der Waals surface area contributed by atoms with E-state index in [1.54, 1.807) is 0 Å². The summed E-state index contributed by atoms with van der Waals surface area (Å²) in [4.78, 5) is 9.42. The van der Waals surface area contributed by atoms with Gasteiger partial charge in [-0.1, -0.05) is 0 Å². The molecule has 0 saturated heterocycles. The first-order chi connectivity index (χ1) is 3.06. The van der Waals surface area contributed by atoms with E-state index in [1.807, 2.05) is 0 Å². The van der Waals surface area contributed by atoms with Crippen LogP contribution in [0.25, 0.3) is 0 Å². The molecule has 0 atom stereocenters. The first-order valence-electron chi connectivity index (χ1n) is 1.35. The zero-order valence-corrected chi connectivity index (χ0v) is 6.39. The molecular weight excluding hydrogens is 174 g/mol. The van der Waals surface area contributed by atoms with Crippen LogP contribution in [0.5, 0.6) is 0 Å². The Labute approximate surface area is 56.0 Å². The topological polar surface area (TPSA) is 17.1 Å². The van der Waals surface area contributed by atoms with Crippen LogP contribution in [0, 0.1) is 0 Å². The second-order valence-corrected chi connectivity index (χ2v) is 9.28. The summed E-state index contributed by atoms with van der Waals surface area (Å²) < 4.78 is 0. The first-order valence-corrected chi connectivity index (χ1v) is 6.46. The molecule has 0 rings (SSSR count). The van der Waals surface area contributed by atoms with Crippen LogP contribution in [0.4, 0.5) is 0 Å². The van der Waals surface area contributed by atoms with E-state index < -0.39 is 6.00 Å². The molecule has 1 nitrogen and oxygen atoms in total. The average molecular weight is 175 g/mol. The minimum atomic E-state index is -2.79. The van der Waals surface area contributed by atoms with E-state index in [2.05, 4.69) is 0 Å². The molecule has 0 aromatic rings. The van der Waals surface area contributed by atoms with Crippen LogP contribution >= 0.6 is 33.2 Å². The molecule has 0 aliphatic rings. The Morgan fingerprint density at radius 2 is 1.86 bits per heavy atom. The Morgan fingerprint density at radius 1 is 1.43 bits per heavy atom. The van der Waals surface area contributed by atoms with Crippen LogP contribution < -0.4 is 0 Å². The molecule has 0 unspecified atom stereocenters. The minimum Gasteiger partial charge on any atom is -0.234 e. The fourth-order valence-corrected chi connectivity index (χ4v) is 0.601. The van der Waals surface area contributed by atoms with Crippen molar-refractivity contribution in [1.82, 2.24) is 0 Å². The van der Waals surface area contributed by atoms with Crippen molar-refractivity contribution in [2.75, 3.05) is 0 Å². The van der Waals surface area contributed by atoms with Crippen molar-refractivity contribution in [3.05, 3.63) is 5.70 Å². The molecule has 0 saturated carbocycles. The number of carbonyl (C=O) groups excluding carboxylic acids is 1. The van der Waals surface area contributed by atoms with Gasteiger partial charge in [-0.15, -0.1) is 33.2 Å². The maximum Gasteiger partial charge on any atom is 0.376 e. The molecule has 0 N–H and O–H groups in total. The number of hydrogen-bond donors (Lipinski definition) is 0. The fourth-order valence-electron chi connectivity index (χ4n) is 0.0668. The van der Waals surface area contributed by atoms with Crippen molar-refractivity contribution in [3.63, 3.8) is 0 Å². The van der Waals surface area contributed by atoms with Gasteiger partial charge in [0.05, 0.1) is 0 Å². The van der Waals surface area contributed by atoms with Crippen molar-refractivity contribution >= 4 is 45.2 Å². The fraction of sp³-hybridized carbons (Fsp3) is 0. The van der Waals surface area contributed by atoms with Gasteiger partial charge in [0.25, 0.3) is 0 Å². The van der Waals surface area contributed by atoms with Gasteiger partial charge in [0, 0.05) is 5.70 Å². The lowest BCUT2D eigenvalue weighted by Gasteiger charge is -1.91. The summed E-state index contributed by atoms with van der Waals surface area (Å²) in [6.45, 7) is 0. The van der Waals surface area contributed by atoms with Crippen LogP contribution in [0.15, 0.2) is 5.70 Å². The summed E-state index contributed by atoms with van der Waals surface area (Å²) in [5, 5.41) is 0. The standard InChI is InChI=1S/C2HCl3OSi/c3-7(4,5)2-1-6/h2H.